The molecule has 0 fully saturated rings. The van der Waals surface area contributed by atoms with Gasteiger partial charge in [-0.3, -0.25) is 0 Å². The highest BCUT2D eigenvalue weighted by molar-refractivity contribution is 5.82. The highest BCUT2D eigenvalue weighted by Crippen LogP contribution is 2.36. The molecule has 33 heavy (non-hydrogen) atoms. The molecule has 8 nitrogen and oxygen atoms in total. The van der Waals surface area contributed by atoms with E-state index in [0.717, 1.165) is 29.7 Å². The van der Waals surface area contributed by atoms with E-state index in [1.807, 2.05) is 50.1 Å². The smallest absolute Gasteiger partial charge is 0.229 e. The molecule has 9 heteroatoms. The number of anilines is 4. The van der Waals surface area contributed by atoms with Crippen molar-refractivity contribution in [3.05, 3.63) is 60.7 Å². The van der Waals surface area contributed by atoms with E-state index in [1.54, 1.807) is 25.4 Å². The number of nitrogen functional groups attached to an aromatic ring is 1. The number of ether oxygens (including phenoxy) is 1. The van der Waals surface area contributed by atoms with E-state index in [1.165, 1.54) is 12.1 Å². The molecule has 0 amide bonds. The maximum atomic E-state index is 13.8. The minimum absolute atomic E-state index is 0.300. The fraction of sp³-hybridized carbons (Fsp3) is 0.250. The zero-order valence-electron chi connectivity index (χ0n) is 19.2. The van der Waals surface area contributed by atoms with E-state index in [-0.39, 0.29) is 5.82 Å². The zero-order valence-corrected chi connectivity index (χ0v) is 19.2. The van der Waals surface area contributed by atoms with Gasteiger partial charge >= 0.3 is 0 Å². The highest BCUT2D eigenvalue weighted by atomic mass is 19.1. The highest BCUT2D eigenvalue weighted by Gasteiger charge is 2.14. The SMILES string of the molecule is COc1cc(N(C)CCN(C)C)c(N)cc1Nc1nccc(-n2ccc3ccc(F)cc32)n1. The number of rotatable bonds is 8. The summed E-state index contributed by atoms with van der Waals surface area (Å²) in [6, 6.07) is 12.1. The van der Waals surface area contributed by atoms with Crippen molar-refractivity contribution in [3.8, 4) is 11.6 Å². The van der Waals surface area contributed by atoms with Crippen LogP contribution in [0.4, 0.5) is 27.4 Å². The third-order valence-electron chi connectivity index (χ3n) is 5.43. The van der Waals surface area contributed by atoms with Gasteiger partial charge < -0.3 is 30.2 Å². The Labute approximate surface area is 192 Å². The van der Waals surface area contributed by atoms with Crippen molar-refractivity contribution in [2.24, 2.45) is 0 Å². The number of hydrogen-bond acceptors (Lipinski definition) is 7. The second-order valence-corrected chi connectivity index (χ2v) is 8.09. The van der Waals surface area contributed by atoms with Crippen LogP contribution in [0.15, 0.2) is 54.9 Å². The molecule has 0 atom stereocenters. The lowest BCUT2D eigenvalue weighted by Gasteiger charge is -2.24. The molecule has 0 unspecified atom stereocenters. The Balaban J connectivity index is 1.63. The monoisotopic (exact) mass is 449 g/mol. The lowest BCUT2D eigenvalue weighted by atomic mass is 10.2. The molecule has 0 aliphatic heterocycles. The molecule has 2 aromatic heterocycles. The zero-order chi connectivity index (χ0) is 23.5. The van der Waals surface area contributed by atoms with Gasteiger partial charge in [0.1, 0.15) is 17.4 Å². The van der Waals surface area contributed by atoms with Crippen molar-refractivity contribution in [2.45, 2.75) is 0 Å². The predicted octanol–water partition coefficient (Wildman–Crippen LogP) is 3.89. The quantitative estimate of drug-likeness (QED) is 0.395. The van der Waals surface area contributed by atoms with Gasteiger partial charge in [-0.25, -0.2) is 9.37 Å². The number of hydrogen-bond donors (Lipinski definition) is 2. The van der Waals surface area contributed by atoms with Crippen LogP contribution >= 0.6 is 0 Å². The van der Waals surface area contributed by atoms with Crippen molar-refractivity contribution >= 4 is 33.9 Å². The average molecular weight is 450 g/mol. The molecule has 0 radical (unpaired) electrons. The summed E-state index contributed by atoms with van der Waals surface area (Å²) in [4.78, 5) is 13.1. The van der Waals surface area contributed by atoms with Crippen molar-refractivity contribution in [2.75, 3.05) is 57.3 Å². The van der Waals surface area contributed by atoms with Crippen molar-refractivity contribution < 1.29 is 9.13 Å². The minimum atomic E-state index is -0.300. The average Bonchev–Trinajstić information content (AvgIpc) is 3.21. The van der Waals surface area contributed by atoms with Crippen molar-refractivity contribution in [3.63, 3.8) is 0 Å². The maximum Gasteiger partial charge on any atom is 0.229 e. The van der Waals surface area contributed by atoms with Crippen LogP contribution in [0.3, 0.4) is 0 Å². The minimum Gasteiger partial charge on any atom is -0.494 e. The van der Waals surface area contributed by atoms with Gasteiger partial charge in [0, 0.05) is 44.0 Å². The summed E-state index contributed by atoms with van der Waals surface area (Å²) in [6.07, 6.45) is 3.50. The van der Waals surface area contributed by atoms with Crippen molar-refractivity contribution in [1.29, 1.82) is 0 Å². The largest absolute Gasteiger partial charge is 0.494 e. The molecule has 172 valence electrons. The third-order valence-corrected chi connectivity index (χ3v) is 5.43. The Morgan fingerprint density at radius 2 is 1.91 bits per heavy atom. The molecule has 4 rings (SSSR count). The molecule has 0 saturated heterocycles. The summed E-state index contributed by atoms with van der Waals surface area (Å²) in [5.41, 5.74) is 9.24. The molecular weight excluding hydrogens is 421 g/mol. The molecule has 3 N–H and O–H groups in total. The van der Waals surface area contributed by atoms with Gasteiger partial charge in [-0.05, 0) is 50.5 Å². The summed E-state index contributed by atoms with van der Waals surface area (Å²) >= 11 is 0. The Bertz CT molecular complexity index is 1270. The summed E-state index contributed by atoms with van der Waals surface area (Å²) < 4.78 is 21.2. The predicted molar refractivity (Wildman–Crippen MR) is 131 cm³/mol. The van der Waals surface area contributed by atoms with Crippen LogP contribution < -0.4 is 20.7 Å². The number of likely N-dealkylation sites (N-methyl/N-ethyl adjacent to an activating group) is 2. The van der Waals surface area contributed by atoms with E-state index >= 15 is 0 Å². The van der Waals surface area contributed by atoms with Crippen LogP contribution in [0.25, 0.3) is 16.7 Å². The maximum absolute atomic E-state index is 13.8. The summed E-state index contributed by atoms with van der Waals surface area (Å²) in [5.74, 6) is 1.31. The second-order valence-electron chi connectivity index (χ2n) is 8.09. The summed E-state index contributed by atoms with van der Waals surface area (Å²) in [6.45, 7) is 1.72. The summed E-state index contributed by atoms with van der Waals surface area (Å²) in [7, 11) is 7.68. The number of nitrogens with zero attached hydrogens (tertiary/aromatic N) is 5. The number of nitrogens with one attached hydrogen (secondary N) is 1. The van der Waals surface area contributed by atoms with Gasteiger partial charge in [-0.15, -0.1) is 0 Å². The van der Waals surface area contributed by atoms with E-state index in [9.17, 15) is 4.39 Å². The lowest BCUT2D eigenvalue weighted by Crippen LogP contribution is -2.29. The molecule has 0 aliphatic carbocycles. The van der Waals surface area contributed by atoms with Gasteiger partial charge in [0.2, 0.25) is 5.95 Å². The van der Waals surface area contributed by atoms with Gasteiger partial charge in [-0.2, -0.15) is 4.98 Å². The fourth-order valence-corrected chi connectivity index (χ4v) is 3.62. The molecule has 2 heterocycles. The number of halogens is 1. The van der Waals surface area contributed by atoms with Gasteiger partial charge in [0.05, 0.1) is 29.7 Å². The number of methoxy groups -OCH3 is 1. The first kappa shape index (κ1) is 22.3. The molecular formula is C24H28FN7O. The van der Waals surface area contributed by atoms with E-state index < -0.39 is 0 Å². The number of aromatic nitrogens is 3. The van der Waals surface area contributed by atoms with Gasteiger partial charge in [-0.1, -0.05) is 0 Å². The second kappa shape index (κ2) is 9.33. The normalized spacial score (nSPS) is 11.2. The fourth-order valence-electron chi connectivity index (χ4n) is 3.62. The van der Waals surface area contributed by atoms with Gasteiger partial charge in [0.15, 0.2) is 0 Å². The van der Waals surface area contributed by atoms with Crippen LogP contribution in [0, 0.1) is 5.82 Å². The molecule has 0 bridgehead atoms. The third kappa shape index (κ3) is 4.83. The van der Waals surface area contributed by atoms with Crippen LogP contribution in [0.1, 0.15) is 0 Å². The van der Waals surface area contributed by atoms with Crippen molar-refractivity contribution in [1.82, 2.24) is 19.4 Å². The molecule has 0 spiro atoms. The van der Waals surface area contributed by atoms with Crippen LogP contribution in [0.5, 0.6) is 5.75 Å². The Hall–Kier alpha value is -3.85. The van der Waals surface area contributed by atoms with E-state index in [4.69, 9.17) is 10.5 Å². The number of benzene rings is 2. The van der Waals surface area contributed by atoms with Gasteiger partial charge in [0.25, 0.3) is 0 Å². The molecule has 0 saturated carbocycles. The Morgan fingerprint density at radius 3 is 2.67 bits per heavy atom. The Kier molecular flexibility index (Phi) is 6.32. The molecule has 2 aromatic carbocycles. The van der Waals surface area contributed by atoms with Crippen LogP contribution in [-0.4, -0.2) is 60.8 Å². The number of fused-ring (bicyclic) bond motifs is 1. The van der Waals surface area contributed by atoms with E-state index in [0.29, 0.717) is 28.9 Å². The lowest BCUT2D eigenvalue weighted by molar-refractivity contribution is 0.413. The first-order valence-electron chi connectivity index (χ1n) is 10.6. The first-order chi connectivity index (χ1) is 15.9. The number of nitrogens with two attached hydrogens (primary N) is 1. The topological polar surface area (TPSA) is 84.5 Å². The van der Waals surface area contributed by atoms with Crippen LogP contribution in [0.2, 0.25) is 0 Å². The molecule has 0 aliphatic rings. The van der Waals surface area contributed by atoms with E-state index in [2.05, 4.69) is 25.1 Å². The summed E-state index contributed by atoms with van der Waals surface area (Å²) in [5, 5.41) is 4.13. The standard InChI is InChI=1S/C24H28FN7O/c1-30(2)11-12-31(3)21-15-22(33-4)19(14-18(21)26)28-24-27-9-7-23(29-24)32-10-8-16-5-6-17(25)13-20(16)32/h5-10,13-15H,11-12,26H2,1-4H3,(H,27,28,29). The first-order valence-corrected chi connectivity index (χ1v) is 10.6. The Morgan fingerprint density at radius 1 is 1.09 bits per heavy atom. The molecule has 4 aromatic rings. The van der Waals surface area contributed by atoms with Crippen LogP contribution in [-0.2, 0) is 0 Å².